The molecule has 0 aliphatic heterocycles. The normalized spacial score (nSPS) is 16.2. The highest BCUT2D eigenvalue weighted by molar-refractivity contribution is 7.16. The summed E-state index contributed by atoms with van der Waals surface area (Å²) in [6.07, 6.45) is 6.44. The summed E-state index contributed by atoms with van der Waals surface area (Å²) in [5.41, 5.74) is 1.65. The van der Waals surface area contributed by atoms with Crippen molar-refractivity contribution in [3.05, 3.63) is 20.8 Å². The Bertz CT molecular complexity index is 374. The number of rotatable bonds is 7. The van der Waals surface area contributed by atoms with Crippen LogP contribution in [-0.4, -0.2) is 12.6 Å². The largest absolute Gasteiger partial charge is 0.314 e. The third-order valence-electron chi connectivity index (χ3n) is 3.77. The van der Waals surface area contributed by atoms with Gasteiger partial charge in [-0.25, -0.2) is 0 Å². The van der Waals surface area contributed by atoms with Crippen LogP contribution in [0.5, 0.6) is 0 Å². The van der Waals surface area contributed by atoms with Gasteiger partial charge in [0.15, 0.2) is 0 Å². The molecule has 3 heteroatoms. The Balaban J connectivity index is 1.72. The van der Waals surface area contributed by atoms with Gasteiger partial charge in [-0.3, -0.25) is 0 Å². The molecule has 102 valence electrons. The molecule has 0 bridgehead atoms. The summed E-state index contributed by atoms with van der Waals surface area (Å²) in [5.74, 6) is 0. The Morgan fingerprint density at radius 2 is 2.11 bits per heavy atom. The zero-order valence-corrected chi connectivity index (χ0v) is 13.3. The second kappa shape index (κ2) is 5.94. The van der Waals surface area contributed by atoms with E-state index in [4.69, 9.17) is 11.6 Å². The van der Waals surface area contributed by atoms with Crippen molar-refractivity contribution in [2.45, 2.75) is 58.9 Å². The quantitative estimate of drug-likeness (QED) is 0.758. The van der Waals surface area contributed by atoms with Gasteiger partial charge in [0.1, 0.15) is 0 Å². The molecule has 1 N–H and O–H groups in total. The van der Waals surface area contributed by atoms with E-state index in [9.17, 15) is 0 Å². The Kier molecular flexibility index (Phi) is 4.74. The van der Waals surface area contributed by atoms with Crippen LogP contribution in [0.2, 0.25) is 4.34 Å². The molecule has 0 spiro atoms. The van der Waals surface area contributed by atoms with E-state index in [1.807, 2.05) is 0 Å². The van der Waals surface area contributed by atoms with E-state index in [0.29, 0.717) is 5.41 Å². The summed E-state index contributed by atoms with van der Waals surface area (Å²) in [5, 5.41) is 3.61. The Labute approximate surface area is 120 Å². The number of halogens is 1. The molecule has 1 aromatic heterocycles. The first-order valence-corrected chi connectivity index (χ1v) is 8.14. The van der Waals surface area contributed by atoms with Gasteiger partial charge >= 0.3 is 0 Å². The van der Waals surface area contributed by atoms with Gasteiger partial charge in [-0.05, 0) is 62.6 Å². The van der Waals surface area contributed by atoms with E-state index in [-0.39, 0.29) is 0 Å². The van der Waals surface area contributed by atoms with Crippen LogP contribution in [0.4, 0.5) is 0 Å². The van der Waals surface area contributed by atoms with Gasteiger partial charge in [-0.15, -0.1) is 11.3 Å². The van der Waals surface area contributed by atoms with E-state index in [1.54, 1.807) is 11.3 Å². The van der Waals surface area contributed by atoms with Crippen molar-refractivity contribution in [3.8, 4) is 0 Å². The third-order valence-corrected chi connectivity index (χ3v) is 5.38. The fourth-order valence-electron chi connectivity index (χ4n) is 2.14. The molecular weight excluding hydrogens is 262 g/mol. The fraction of sp³-hybridized carbons (Fsp3) is 0.733. The van der Waals surface area contributed by atoms with Gasteiger partial charge in [-0.1, -0.05) is 25.4 Å². The van der Waals surface area contributed by atoms with Gasteiger partial charge in [0.25, 0.3) is 0 Å². The molecule has 1 aliphatic rings. The van der Waals surface area contributed by atoms with Gasteiger partial charge in [0, 0.05) is 10.9 Å². The van der Waals surface area contributed by atoms with Gasteiger partial charge in [0.2, 0.25) is 0 Å². The topological polar surface area (TPSA) is 12.0 Å². The first kappa shape index (κ1) is 14.4. The van der Waals surface area contributed by atoms with Crippen molar-refractivity contribution >= 4 is 22.9 Å². The van der Waals surface area contributed by atoms with Crippen molar-refractivity contribution < 1.29 is 0 Å². The van der Waals surface area contributed by atoms with E-state index in [1.165, 1.54) is 42.7 Å². The fourth-order valence-corrected chi connectivity index (χ4v) is 3.38. The summed E-state index contributed by atoms with van der Waals surface area (Å²) in [7, 11) is 0. The van der Waals surface area contributed by atoms with Crippen molar-refractivity contribution in [1.29, 1.82) is 0 Å². The summed E-state index contributed by atoms with van der Waals surface area (Å²) in [6.45, 7) is 8.02. The molecule has 1 aromatic rings. The van der Waals surface area contributed by atoms with Gasteiger partial charge < -0.3 is 5.32 Å². The molecule has 18 heavy (non-hydrogen) atoms. The van der Waals surface area contributed by atoms with Crippen LogP contribution in [0.1, 0.15) is 50.0 Å². The van der Waals surface area contributed by atoms with Crippen LogP contribution in [0.3, 0.4) is 0 Å². The molecular formula is C15H24ClNS. The van der Waals surface area contributed by atoms with Crippen LogP contribution in [0, 0.1) is 12.3 Å². The predicted octanol–water partition coefficient (Wildman–Crippen LogP) is 4.81. The van der Waals surface area contributed by atoms with E-state index >= 15 is 0 Å². The minimum absolute atomic E-state index is 0.423. The van der Waals surface area contributed by atoms with Crippen molar-refractivity contribution in [1.82, 2.24) is 5.32 Å². The monoisotopic (exact) mass is 285 g/mol. The van der Waals surface area contributed by atoms with Crippen LogP contribution < -0.4 is 5.32 Å². The first-order chi connectivity index (χ1) is 8.46. The zero-order valence-electron chi connectivity index (χ0n) is 11.7. The Morgan fingerprint density at radius 3 is 2.67 bits per heavy atom. The average Bonchev–Trinajstić information content (AvgIpc) is 3.04. The number of hydrogen-bond donors (Lipinski definition) is 1. The molecule has 1 nitrogen and oxygen atoms in total. The van der Waals surface area contributed by atoms with E-state index in [2.05, 4.69) is 32.2 Å². The number of thiophene rings is 1. The number of hydrogen-bond acceptors (Lipinski definition) is 2. The van der Waals surface area contributed by atoms with Crippen LogP contribution in [-0.2, 0) is 6.42 Å². The Hall–Kier alpha value is -0.0500. The molecule has 0 amide bonds. The first-order valence-electron chi connectivity index (χ1n) is 6.94. The predicted molar refractivity (Wildman–Crippen MR) is 81.8 cm³/mol. The third kappa shape index (κ3) is 4.56. The van der Waals surface area contributed by atoms with Crippen LogP contribution in [0.15, 0.2) is 6.07 Å². The zero-order chi connectivity index (χ0) is 13.2. The summed E-state index contributed by atoms with van der Waals surface area (Å²) in [6, 6.07) is 3.07. The highest BCUT2D eigenvalue weighted by Crippen LogP contribution is 2.32. The lowest BCUT2D eigenvalue weighted by Crippen LogP contribution is -2.24. The minimum Gasteiger partial charge on any atom is -0.314 e. The molecule has 1 aliphatic carbocycles. The lowest BCUT2D eigenvalue weighted by Gasteiger charge is -2.24. The summed E-state index contributed by atoms with van der Waals surface area (Å²) in [4.78, 5) is 1.43. The van der Waals surface area contributed by atoms with Crippen molar-refractivity contribution in [2.75, 3.05) is 6.54 Å². The van der Waals surface area contributed by atoms with Crippen molar-refractivity contribution in [3.63, 3.8) is 0 Å². The molecule has 2 rings (SSSR count). The molecule has 1 heterocycles. The number of aryl methyl sites for hydroxylation is 2. The Morgan fingerprint density at radius 1 is 1.39 bits per heavy atom. The molecule has 0 aromatic carbocycles. The second-order valence-corrected chi connectivity index (χ2v) is 8.05. The molecule has 1 saturated carbocycles. The maximum Gasteiger partial charge on any atom is 0.0960 e. The highest BCUT2D eigenvalue weighted by Gasteiger charge is 2.23. The maximum absolute atomic E-state index is 6.11. The summed E-state index contributed by atoms with van der Waals surface area (Å²) < 4.78 is 0.957. The van der Waals surface area contributed by atoms with Crippen molar-refractivity contribution in [2.24, 2.45) is 5.41 Å². The lowest BCUT2D eigenvalue weighted by atomic mass is 9.84. The van der Waals surface area contributed by atoms with Crippen LogP contribution in [0.25, 0.3) is 0 Å². The summed E-state index contributed by atoms with van der Waals surface area (Å²) >= 11 is 7.86. The van der Waals surface area contributed by atoms with Gasteiger partial charge in [-0.2, -0.15) is 0 Å². The van der Waals surface area contributed by atoms with E-state index < -0.39 is 0 Å². The average molecular weight is 286 g/mol. The van der Waals surface area contributed by atoms with E-state index in [0.717, 1.165) is 16.8 Å². The molecule has 0 unspecified atom stereocenters. The number of nitrogens with one attached hydrogen (secondary N) is 1. The van der Waals surface area contributed by atoms with Gasteiger partial charge in [0.05, 0.1) is 4.34 Å². The maximum atomic E-state index is 6.11. The standard InChI is InChI=1S/C15H24ClNS/c1-11-10-13(18-14(11)16)6-7-15(2,3)8-9-17-12-4-5-12/h10,12,17H,4-9H2,1-3H3. The lowest BCUT2D eigenvalue weighted by molar-refractivity contribution is 0.302. The highest BCUT2D eigenvalue weighted by atomic mass is 35.5. The molecule has 1 fully saturated rings. The SMILES string of the molecule is Cc1cc(CCC(C)(C)CCNC2CC2)sc1Cl. The molecule has 0 atom stereocenters. The smallest absolute Gasteiger partial charge is 0.0960 e. The second-order valence-electron chi connectivity index (χ2n) is 6.31. The minimum atomic E-state index is 0.423. The molecule has 0 radical (unpaired) electrons. The molecule has 0 saturated heterocycles. The van der Waals surface area contributed by atoms with Crippen LogP contribution >= 0.6 is 22.9 Å².